The smallest absolute Gasteiger partial charge is 0.422 e. The van der Waals surface area contributed by atoms with Gasteiger partial charge in [0.1, 0.15) is 5.75 Å². The molecule has 102 valence electrons. The summed E-state index contributed by atoms with van der Waals surface area (Å²) in [4.78, 5) is 3.04. The van der Waals surface area contributed by atoms with Gasteiger partial charge in [-0.15, -0.1) is 0 Å². The highest BCUT2D eigenvalue weighted by atomic mass is 19.4. The van der Waals surface area contributed by atoms with Crippen LogP contribution < -0.4 is 10.1 Å². The second-order valence-corrected chi connectivity index (χ2v) is 3.98. The number of nitrogens with one attached hydrogen (secondary N) is 2. The molecule has 3 nitrogen and oxygen atoms in total. The van der Waals surface area contributed by atoms with Crippen molar-refractivity contribution >= 4 is 5.69 Å². The standard InChI is InChI=1S/C13H13F3N2O/c14-13(15,16)9-19-12-5-3-10(4-6-12)18-8-11-2-1-7-17-11/h1-7,17-18H,8-9H2. The van der Waals surface area contributed by atoms with Crippen LogP contribution >= 0.6 is 0 Å². The number of benzene rings is 1. The first kappa shape index (κ1) is 13.3. The molecule has 0 fully saturated rings. The lowest BCUT2D eigenvalue weighted by molar-refractivity contribution is -0.153. The van der Waals surface area contributed by atoms with Crippen LogP contribution in [-0.4, -0.2) is 17.8 Å². The molecule has 0 saturated heterocycles. The zero-order valence-electron chi connectivity index (χ0n) is 10.00. The lowest BCUT2D eigenvalue weighted by atomic mass is 10.3. The second-order valence-electron chi connectivity index (χ2n) is 3.98. The fourth-order valence-corrected chi connectivity index (χ4v) is 1.51. The van der Waals surface area contributed by atoms with Gasteiger partial charge in [-0.25, -0.2) is 0 Å². The molecule has 2 rings (SSSR count). The van der Waals surface area contributed by atoms with E-state index in [0.717, 1.165) is 11.4 Å². The number of aromatic amines is 1. The minimum Gasteiger partial charge on any atom is -0.484 e. The van der Waals surface area contributed by atoms with E-state index in [9.17, 15) is 13.2 Å². The SMILES string of the molecule is FC(F)(F)COc1ccc(NCc2ccc[nH]2)cc1. The molecule has 6 heteroatoms. The van der Waals surface area contributed by atoms with Crippen molar-refractivity contribution in [2.45, 2.75) is 12.7 Å². The fourth-order valence-electron chi connectivity index (χ4n) is 1.51. The first-order chi connectivity index (χ1) is 9.03. The third kappa shape index (κ3) is 4.57. The number of anilines is 1. The molecule has 0 saturated carbocycles. The molecule has 0 bridgehead atoms. The zero-order chi connectivity index (χ0) is 13.7. The minimum absolute atomic E-state index is 0.197. The molecular formula is C13H13F3N2O. The summed E-state index contributed by atoms with van der Waals surface area (Å²) in [6, 6.07) is 10.2. The van der Waals surface area contributed by atoms with Gasteiger partial charge in [-0.05, 0) is 36.4 Å². The summed E-state index contributed by atoms with van der Waals surface area (Å²) in [5.41, 5.74) is 1.84. The molecule has 0 spiro atoms. The Morgan fingerprint density at radius 3 is 2.42 bits per heavy atom. The van der Waals surface area contributed by atoms with Gasteiger partial charge in [0, 0.05) is 17.6 Å². The molecule has 1 aromatic heterocycles. The van der Waals surface area contributed by atoms with Gasteiger partial charge in [0.25, 0.3) is 0 Å². The van der Waals surface area contributed by atoms with E-state index in [0.29, 0.717) is 6.54 Å². The first-order valence-corrected chi connectivity index (χ1v) is 5.69. The molecular weight excluding hydrogens is 257 g/mol. The summed E-state index contributed by atoms with van der Waals surface area (Å²) in [5.74, 6) is 0.197. The Morgan fingerprint density at radius 2 is 1.84 bits per heavy atom. The number of halogens is 3. The highest BCUT2D eigenvalue weighted by Gasteiger charge is 2.28. The summed E-state index contributed by atoms with van der Waals surface area (Å²) < 4.78 is 40.5. The number of hydrogen-bond donors (Lipinski definition) is 2. The number of ether oxygens (including phenoxy) is 1. The largest absolute Gasteiger partial charge is 0.484 e. The Labute approximate surface area is 108 Å². The van der Waals surface area contributed by atoms with Crippen molar-refractivity contribution in [3.63, 3.8) is 0 Å². The molecule has 1 heterocycles. The van der Waals surface area contributed by atoms with Crippen molar-refractivity contribution in [3.05, 3.63) is 48.3 Å². The van der Waals surface area contributed by atoms with Gasteiger partial charge in [0.05, 0.1) is 6.54 Å². The van der Waals surface area contributed by atoms with E-state index in [2.05, 4.69) is 15.0 Å². The molecule has 0 aliphatic heterocycles. The van der Waals surface area contributed by atoms with Gasteiger partial charge in [-0.2, -0.15) is 13.2 Å². The lowest BCUT2D eigenvalue weighted by Crippen LogP contribution is -2.19. The maximum absolute atomic E-state index is 12.0. The van der Waals surface area contributed by atoms with E-state index >= 15 is 0 Å². The number of hydrogen-bond acceptors (Lipinski definition) is 2. The van der Waals surface area contributed by atoms with Gasteiger partial charge in [-0.3, -0.25) is 0 Å². The van der Waals surface area contributed by atoms with E-state index in [4.69, 9.17) is 0 Å². The predicted molar refractivity (Wildman–Crippen MR) is 66.1 cm³/mol. The van der Waals surface area contributed by atoms with Crippen molar-refractivity contribution < 1.29 is 17.9 Å². The number of alkyl halides is 3. The molecule has 2 N–H and O–H groups in total. The highest BCUT2D eigenvalue weighted by molar-refractivity contribution is 5.46. The first-order valence-electron chi connectivity index (χ1n) is 5.69. The van der Waals surface area contributed by atoms with Crippen LogP contribution in [0.2, 0.25) is 0 Å². The van der Waals surface area contributed by atoms with E-state index in [1.165, 1.54) is 12.1 Å². The van der Waals surface area contributed by atoms with Gasteiger partial charge >= 0.3 is 6.18 Å². The molecule has 0 unspecified atom stereocenters. The number of aromatic nitrogens is 1. The van der Waals surface area contributed by atoms with Crippen molar-refractivity contribution in [2.75, 3.05) is 11.9 Å². The Morgan fingerprint density at radius 1 is 1.11 bits per heavy atom. The summed E-state index contributed by atoms with van der Waals surface area (Å²) >= 11 is 0. The Bertz CT molecular complexity index is 492. The molecule has 0 aliphatic rings. The zero-order valence-corrected chi connectivity index (χ0v) is 10.00. The lowest BCUT2D eigenvalue weighted by Gasteiger charge is -2.10. The molecule has 2 aromatic rings. The fraction of sp³-hybridized carbons (Fsp3) is 0.231. The van der Waals surface area contributed by atoms with Crippen LogP contribution in [-0.2, 0) is 6.54 Å². The third-order valence-corrected chi connectivity index (χ3v) is 2.40. The Balaban J connectivity index is 1.84. The quantitative estimate of drug-likeness (QED) is 0.871. The predicted octanol–water partition coefficient (Wildman–Crippen LogP) is 3.57. The third-order valence-electron chi connectivity index (χ3n) is 2.40. The maximum atomic E-state index is 12.0. The van der Waals surface area contributed by atoms with Crippen LogP contribution in [0.3, 0.4) is 0 Å². The van der Waals surface area contributed by atoms with Crippen molar-refractivity contribution in [2.24, 2.45) is 0 Å². The van der Waals surface area contributed by atoms with Crippen LogP contribution in [0.1, 0.15) is 5.69 Å². The highest BCUT2D eigenvalue weighted by Crippen LogP contribution is 2.20. The molecule has 0 radical (unpaired) electrons. The average molecular weight is 270 g/mol. The van der Waals surface area contributed by atoms with Gasteiger partial charge in [0.2, 0.25) is 0 Å². The average Bonchev–Trinajstić information content (AvgIpc) is 2.87. The van der Waals surface area contributed by atoms with Crippen molar-refractivity contribution in [3.8, 4) is 5.75 Å². The summed E-state index contributed by atoms with van der Waals surface area (Å²) in [7, 11) is 0. The summed E-state index contributed by atoms with van der Waals surface area (Å²) in [6.07, 6.45) is -2.49. The topological polar surface area (TPSA) is 37.0 Å². The van der Waals surface area contributed by atoms with Gasteiger partial charge < -0.3 is 15.0 Å². The van der Waals surface area contributed by atoms with Gasteiger partial charge in [0.15, 0.2) is 6.61 Å². The van der Waals surface area contributed by atoms with Gasteiger partial charge in [-0.1, -0.05) is 0 Å². The van der Waals surface area contributed by atoms with Crippen molar-refractivity contribution in [1.29, 1.82) is 0 Å². The minimum atomic E-state index is -4.31. The molecule has 0 aliphatic carbocycles. The molecule has 0 amide bonds. The number of rotatable bonds is 5. The van der Waals surface area contributed by atoms with E-state index in [-0.39, 0.29) is 5.75 Å². The maximum Gasteiger partial charge on any atom is 0.422 e. The van der Waals surface area contributed by atoms with Crippen LogP contribution in [0.25, 0.3) is 0 Å². The van der Waals surface area contributed by atoms with E-state index < -0.39 is 12.8 Å². The van der Waals surface area contributed by atoms with Crippen LogP contribution in [0.15, 0.2) is 42.6 Å². The number of H-pyrrole nitrogens is 1. The molecule has 0 atom stereocenters. The van der Waals surface area contributed by atoms with E-state index in [1.54, 1.807) is 12.1 Å². The molecule has 1 aromatic carbocycles. The Kier molecular flexibility index (Phi) is 3.99. The summed E-state index contributed by atoms with van der Waals surface area (Å²) in [6.45, 7) is -0.655. The normalized spacial score (nSPS) is 11.3. The Hall–Kier alpha value is -2.11. The van der Waals surface area contributed by atoms with Crippen molar-refractivity contribution in [1.82, 2.24) is 4.98 Å². The van der Waals surface area contributed by atoms with E-state index in [1.807, 2.05) is 18.3 Å². The second kappa shape index (κ2) is 5.69. The molecule has 19 heavy (non-hydrogen) atoms. The monoisotopic (exact) mass is 270 g/mol. The van der Waals surface area contributed by atoms with Crippen LogP contribution in [0, 0.1) is 0 Å². The van der Waals surface area contributed by atoms with Crippen LogP contribution in [0.4, 0.5) is 18.9 Å². The van der Waals surface area contributed by atoms with Crippen LogP contribution in [0.5, 0.6) is 5.75 Å². The summed E-state index contributed by atoms with van der Waals surface area (Å²) in [5, 5.41) is 3.14.